The molecule has 0 saturated heterocycles. The van der Waals surface area contributed by atoms with E-state index < -0.39 is 0 Å². The fraction of sp³-hybridized carbons (Fsp3) is 0.462. The van der Waals surface area contributed by atoms with Gasteiger partial charge in [-0.25, -0.2) is 4.98 Å². The summed E-state index contributed by atoms with van der Waals surface area (Å²) < 4.78 is 5.69. The van der Waals surface area contributed by atoms with Crippen LogP contribution in [0.15, 0.2) is 22.6 Å². The van der Waals surface area contributed by atoms with Crippen molar-refractivity contribution < 1.29 is 4.42 Å². The normalized spacial score (nSPS) is 15.9. The van der Waals surface area contributed by atoms with E-state index in [1.54, 1.807) is 0 Å². The highest BCUT2D eigenvalue weighted by molar-refractivity contribution is 5.85. The largest absolute Gasteiger partial charge is 0.439 e. The van der Waals surface area contributed by atoms with E-state index in [1.807, 2.05) is 18.2 Å². The lowest BCUT2D eigenvalue weighted by molar-refractivity contribution is 0.282. The Bertz CT molecular complexity index is 530. The molecule has 2 N–H and O–H groups in total. The molecule has 90 valence electrons. The molecule has 1 saturated carbocycles. The summed E-state index contributed by atoms with van der Waals surface area (Å²) in [7, 11) is 2.11. The Hall–Kier alpha value is -1.55. The second-order valence-electron chi connectivity index (χ2n) is 4.94. The van der Waals surface area contributed by atoms with E-state index in [0.717, 1.165) is 36.0 Å². The lowest BCUT2D eigenvalue weighted by atomic mass is 10.3. The number of oxazole rings is 1. The topological polar surface area (TPSA) is 55.3 Å². The Morgan fingerprint density at radius 1 is 1.47 bits per heavy atom. The highest BCUT2D eigenvalue weighted by Gasteiger charge is 2.23. The molecule has 17 heavy (non-hydrogen) atoms. The number of nitrogen functional groups attached to an aromatic ring is 1. The van der Waals surface area contributed by atoms with Gasteiger partial charge in [0.1, 0.15) is 5.52 Å². The van der Waals surface area contributed by atoms with Crippen molar-refractivity contribution >= 4 is 16.8 Å². The molecule has 1 heterocycles. The summed E-state index contributed by atoms with van der Waals surface area (Å²) in [5.74, 6) is 1.63. The molecule has 1 aliphatic rings. The molecule has 0 bridgehead atoms. The van der Waals surface area contributed by atoms with Gasteiger partial charge in [0, 0.05) is 6.54 Å². The molecule has 2 aromatic rings. The van der Waals surface area contributed by atoms with Gasteiger partial charge in [0.2, 0.25) is 5.89 Å². The summed E-state index contributed by atoms with van der Waals surface area (Å²) in [4.78, 5) is 6.71. The van der Waals surface area contributed by atoms with Crippen LogP contribution >= 0.6 is 0 Å². The van der Waals surface area contributed by atoms with Crippen LogP contribution < -0.4 is 5.73 Å². The quantitative estimate of drug-likeness (QED) is 0.820. The van der Waals surface area contributed by atoms with E-state index in [4.69, 9.17) is 10.2 Å². The van der Waals surface area contributed by atoms with Crippen LogP contribution in [-0.4, -0.2) is 23.5 Å². The number of nitrogens with zero attached hydrogens (tertiary/aromatic N) is 2. The molecule has 0 spiro atoms. The Morgan fingerprint density at radius 3 is 3.00 bits per heavy atom. The van der Waals surface area contributed by atoms with Gasteiger partial charge < -0.3 is 10.2 Å². The molecule has 0 amide bonds. The first-order chi connectivity index (χ1) is 8.22. The fourth-order valence-corrected chi connectivity index (χ4v) is 2.12. The van der Waals surface area contributed by atoms with Crippen molar-refractivity contribution in [3.63, 3.8) is 0 Å². The average molecular weight is 231 g/mol. The van der Waals surface area contributed by atoms with Crippen molar-refractivity contribution in [3.05, 3.63) is 24.1 Å². The first kappa shape index (κ1) is 10.6. The number of hydrogen-bond donors (Lipinski definition) is 1. The van der Waals surface area contributed by atoms with Gasteiger partial charge in [-0.15, -0.1) is 0 Å². The third-order valence-corrected chi connectivity index (χ3v) is 3.17. The maximum atomic E-state index is 5.85. The number of para-hydroxylation sites is 1. The zero-order valence-corrected chi connectivity index (χ0v) is 10.0. The van der Waals surface area contributed by atoms with Crippen molar-refractivity contribution in [3.8, 4) is 0 Å². The second-order valence-corrected chi connectivity index (χ2v) is 4.94. The lowest BCUT2D eigenvalue weighted by Gasteiger charge is -2.12. The summed E-state index contributed by atoms with van der Waals surface area (Å²) in [6, 6.07) is 5.65. The van der Waals surface area contributed by atoms with Crippen LogP contribution in [0.25, 0.3) is 11.1 Å². The molecular formula is C13H17N3O. The molecule has 0 aliphatic heterocycles. The van der Waals surface area contributed by atoms with Crippen molar-refractivity contribution in [2.75, 3.05) is 19.3 Å². The molecule has 1 aliphatic carbocycles. The minimum Gasteiger partial charge on any atom is -0.439 e. The molecule has 4 nitrogen and oxygen atoms in total. The van der Waals surface area contributed by atoms with E-state index in [-0.39, 0.29) is 0 Å². The van der Waals surface area contributed by atoms with Crippen LogP contribution in [0.3, 0.4) is 0 Å². The maximum Gasteiger partial charge on any atom is 0.209 e. The van der Waals surface area contributed by atoms with Gasteiger partial charge in [0.05, 0.1) is 12.2 Å². The number of rotatable bonds is 4. The zero-order valence-electron chi connectivity index (χ0n) is 10.0. The van der Waals surface area contributed by atoms with Gasteiger partial charge in [-0.1, -0.05) is 6.07 Å². The Labute approximate surface area is 100 Å². The highest BCUT2D eigenvalue weighted by atomic mass is 16.3. The number of anilines is 1. The Morgan fingerprint density at radius 2 is 2.29 bits per heavy atom. The number of hydrogen-bond acceptors (Lipinski definition) is 4. The van der Waals surface area contributed by atoms with Crippen LogP contribution in [0.5, 0.6) is 0 Å². The highest BCUT2D eigenvalue weighted by Crippen LogP contribution is 2.30. The summed E-state index contributed by atoms with van der Waals surface area (Å²) in [6.45, 7) is 1.89. The van der Waals surface area contributed by atoms with Gasteiger partial charge in [-0.3, -0.25) is 4.90 Å². The monoisotopic (exact) mass is 231 g/mol. The molecule has 1 fully saturated rings. The van der Waals surface area contributed by atoms with Gasteiger partial charge in [0.25, 0.3) is 0 Å². The standard InChI is InChI=1S/C13H17N3O/c1-16(7-9-5-6-9)8-12-15-13-10(14)3-2-4-11(13)17-12/h2-4,9H,5-8,14H2,1H3. The van der Waals surface area contributed by atoms with Crippen LogP contribution in [0, 0.1) is 5.92 Å². The number of benzene rings is 1. The molecule has 1 aromatic carbocycles. The minimum absolute atomic E-state index is 0.683. The van der Waals surface area contributed by atoms with Crippen LogP contribution in [0.4, 0.5) is 5.69 Å². The summed E-state index contributed by atoms with van der Waals surface area (Å²) in [6.07, 6.45) is 2.73. The van der Waals surface area contributed by atoms with Crippen LogP contribution in [0.2, 0.25) is 0 Å². The van der Waals surface area contributed by atoms with Gasteiger partial charge in [-0.2, -0.15) is 0 Å². The molecule has 0 radical (unpaired) electrons. The van der Waals surface area contributed by atoms with E-state index in [0.29, 0.717) is 5.69 Å². The Balaban J connectivity index is 1.78. The number of aromatic nitrogens is 1. The van der Waals surface area contributed by atoms with Gasteiger partial charge >= 0.3 is 0 Å². The average Bonchev–Trinajstić information content (AvgIpc) is 2.97. The molecule has 1 aromatic heterocycles. The van der Waals surface area contributed by atoms with E-state index in [1.165, 1.54) is 12.8 Å². The third-order valence-electron chi connectivity index (χ3n) is 3.17. The maximum absolute atomic E-state index is 5.85. The summed E-state index contributed by atoms with van der Waals surface area (Å²) in [5, 5.41) is 0. The Kier molecular flexibility index (Phi) is 2.52. The molecule has 0 unspecified atom stereocenters. The predicted octanol–water partition coefficient (Wildman–Crippen LogP) is 2.25. The van der Waals surface area contributed by atoms with Crippen molar-refractivity contribution in [2.24, 2.45) is 5.92 Å². The predicted molar refractivity (Wildman–Crippen MR) is 67.5 cm³/mol. The summed E-state index contributed by atoms with van der Waals surface area (Å²) in [5.41, 5.74) is 8.10. The lowest BCUT2D eigenvalue weighted by Crippen LogP contribution is -2.20. The van der Waals surface area contributed by atoms with Crippen molar-refractivity contribution in [1.29, 1.82) is 0 Å². The van der Waals surface area contributed by atoms with E-state index in [2.05, 4.69) is 16.9 Å². The fourth-order valence-electron chi connectivity index (χ4n) is 2.12. The zero-order chi connectivity index (χ0) is 11.8. The van der Waals surface area contributed by atoms with E-state index in [9.17, 15) is 0 Å². The SMILES string of the molecule is CN(Cc1nc2c(N)cccc2o1)CC1CC1. The first-order valence-corrected chi connectivity index (χ1v) is 6.05. The van der Waals surface area contributed by atoms with Gasteiger partial charge in [-0.05, 0) is 37.9 Å². The molecular weight excluding hydrogens is 214 g/mol. The molecule has 0 atom stereocenters. The van der Waals surface area contributed by atoms with Gasteiger partial charge in [0.15, 0.2) is 5.58 Å². The second kappa shape index (κ2) is 4.04. The first-order valence-electron chi connectivity index (χ1n) is 6.05. The molecule has 4 heteroatoms. The molecule has 3 rings (SSSR count). The minimum atomic E-state index is 0.683. The van der Waals surface area contributed by atoms with Crippen molar-refractivity contribution in [2.45, 2.75) is 19.4 Å². The van der Waals surface area contributed by atoms with Crippen molar-refractivity contribution in [1.82, 2.24) is 9.88 Å². The van der Waals surface area contributed by atoms with E-state index >= 15 is 0 Å². The smallest absolute Gasteiger partial charge is 0.209 e. The number of nitrogens with two attached hydrogens (primary N) is 1. The summed E-state index contributed by atoms with van der Waals surface area (Å²) >= 11 is 0. The number of fused-ring (bicyclic) bond motifs is 1. The van der Waals surface area contributed by atoms with Crippen LogP contribution in [0.1, 0.15) is 18.7 Å². The third kappa shape index (κ3) is 2.26. The van der Waals surface area contributed by atoms with Crippen LogP contribution in [-0.2, 0) is 6.54 Å².